The molecule has 0 bridgehead atoms. The molecule has 1 atom stereocenters. The lowest BCUT2D eigenvalue weighted by molar-refractivity contribution is -0.142. The predicted molar refractivity (Wildman–Crippen MR) is 175 cm³/mol. The van der Waals surface area contributed by atoms with E-state index in [2.05, 4.69) is 13.8 Å². The highest BCUT2D eigenvalue weighted by molar-refractivity contribution is 5.69. The zero-order chi connectivity index (χ0) is 28.5. The Labute approximate surface area is 247 Å². The molecule has 39 heavy (non-hydrogen) atoms. The molecule has 234 valence electrons. The van der Waals surface area contributed by atoms with E-state index >= 15 is 0 Å². The fourth-order valence-electron chi connectivity index (χ4n) is 6.09. The maximum absolute atomic E-state index is 11.7. The topological polar surface area (TPSA) is 37.3 Å². The molecule has 0 heterocycles. The second kappa shape index (κ2) is 33.7. The monoisotopic (exact) mass is 551 g/mol. The molecule has 0 saturated heterocycles. The molecule has 0 aromatic heterocycles. The molecule has 0 aromatic rings. The standard InChI is InChI=1S/C37H74O2/c1-3-5-7-9-11-13-15-17-18-19-20-21-22-23-25-27-29-31-33-35-36(37(38)39)34-32-30-28-26-24-16-14-12-10-8-6-4-2/h36H,3-35H2,1-2H3,(H,38,39). The van der Waals surface area contributed by atoms with E-state index in [4.69, 9.17) is 0 Å². The molecule has 0 rings (SSSR count). The van der Waals surface area contributed by atoms with Crippen LogP contribution >= 0.6 is 0 Å². The van der Waals surface area contributed by atoms with Crippen molar-refractivity contribution in [3.63, 3.8) is 0 Å². The van der Waals surface area contributed by atoms with E-state index in [1.165, 1.54) is 186 Å². The first-order valence-electron chi connectivity index (χ1n) is 18.4. The van der Waals surface area contributed by atoms with Crippen LogP contribution in [0.25, 0.3) is 0 Å². The summed E-state index contributed by atoms with van der Waals surface area (Å²) < 4.78 is 0. The van der Waals surface area contributed by atoms with Crippen LogP contribution in [0.4, 0.5) is 0 Å². The smallest absolute Gasteiger partial charge is 0.306 e. The van der Waals surface area contributed by atoms with Gasteiger partial charge in [0.25, 0.3) is 0 Å². The predicted octanol–water partition coefficient (Wildman–Crippen LogP) is 13.6. The number of hydrogen-bond acceptors (Lipinski definition) is 1. The van der Waals surface area contributed by atoms with Crippen LogP contribution in [-0.4, -0.2) is 11.1 Å². The van der Waals surface area contributed by atoms with Crippen LogP contribution in [0.3, 0.4) is 0 Å². The summed E-state index contributed by atoms with van der Waals surface area (Å²) in [5, 5.41) is 9.60. The molecule has 0 aromatic carbocycles. The van der Waals surface area contributed by atoms with Crippen molar-refractivity contribution in [3.8, 4) is 0 Å². The molecular weight excluding hydrogens is 476 g/mol. The molecule has 0 saturated carbocycles. The SMILES string of the molecule is CCCCCCCCCCCCCCCCCCCCCC(CCCCCCCCCCCCCC)C(=O)O. The molecule has 1 N–H and O–H groups in total. The fraction of sp³-hybridized carbons (Fsp3) is 0.973. The highest BCUT2D eigenvalue weighted by atomic mass is 16.4. The van der Waals surface area contributed by atoms with Gasteiger partial charge in [0, 0.05) is 0 Å². The summed E-state index contributed by atoms with van der Waals surface area (Å²) in [5.41, 5.74) is 0. The highest BCUT2D eigenvalue weighted by Crippen LogP contribution is 2.20. The van der Waals surface area contributed by atoms with Crippen LogP contribution in [0.2, 0.25) is 0 Å². The maximum atomic E-state index is 11.7. The Bertz CT molecular complexity index is 460. The van der Waals surface area contributed by atoms with Gasteiger partial charge in [-0.25, -0.2) is 0 Å². The summed E-state index contributed by atoms with van der Waals surface area (Å²) in [6, 6.07) is 0. The fourth-order valence-corrected chi connectivity index (χ4v) is 6.09. The number of carboxylic acids is 1. The third-order valence-corrected chi connectivity index (χ3v) is 8.91. The number of unbranched alkanes of at least 4 members (excludes halogenated alkanes) is 29. The van der Waals surface area contributed by atoms with Gasteiger partial charge in [0.1, 0.15) is 0 Å². The van der Waals surface area contributed by atoms with E-state index in [1.54, 1.807) is 0 Å². The van der Waals surface area contributed by atoms with Crippen LogP contribution in [0.5, 0.6) is 0 Å². The summed E-state index contributed by atoms with van der Waals surface area (Å²) >= 11 is 0. The van der Waals surface area contributed by atoms with Gasteiger partial charge in [-0.1, -0.05) is 213 Å². The van der Waals surface area contributed by atoms with Gasteiger partial charge in [-0.3, -0.25) is 4.79 Å². The first kappa shape index (κ1) is 38.5. The lowest BCUT2D eigenvalue weighted by atomic mass is 9.94. The van der Waals surface area contributed by atoms with Gasteiger partial charge in [-0.05, 0) is 12.8 Å². The lowest BCUT2D eigenvalue weighted by Gasteiger charge is -2.12. The van der Waals surface area contributed by atoms with E-state index in [9.17, 15) is 9.90 Å². The van der Waals surface area contributed by atoms with Crippen molar-refractivity contribution in [2.45, 2.75) is 226 Å². The van der Waals surface area contributed by atoms with Crippen LogP contribution in [-0.2, 0) is 4.79 Å². The van der Waals surface area contributed by atoms with Crippen molar-refractivity contribution in [2.75, 3.05) is 0 Å². The van der Waals surface area contributed by atoms with Gasteiger partial charge in [-0.2, -0.15) is 0 Å². The van der Waals surface area contributed by atoms with Crippen molar-refractivity contribution >= 4 is 5.97 Å². The Kier molecular flexibility index (Phi) is 33.2. The Balaban J connectivity index is 3.36. The highest BCUT2D eigenvalue weighted by Gasteiger charge is 2.16. The molecule has 0 radical (unpaired) electrons. The van der Waals surface area contributed by atoms with E-state index in [0.717, 1.165) is 25.7 Å². The van der Waals surface area contributed by atoms with E-state index in [0.29, 0.717) is 0 Å². The Morgan fingerprint density at radius 1 is 0.359 bits per heavy atom. The Morgan fingerprint density at radius 3 is 0.718 bits per heavy atom. The van der Waals surface area contributed by atoms with Crippen molar-refractivity contribution < 1.29 is 9.90 Å². The van der Waals surface area contributed by atoms with Crippen molar-refractivity contribution in [2.24, 2.45) is 5.92 Å². The normalized spacial score (nSPS) is 12.3. The average molecular weight is 551 g/mol. The average Bonchev–Trinajstić information content (AvgIpc) is 2.93. The van der Waals surface area contributed by atoms with Gasteiger partial charge >= 0.3 is 5.97 Å². The molecule has 0 aliphatic heterocycles. The van der Waals surface area contributed by atoms with Crippen LogP contribution in [0, 0.1) is 5.92 Å². The summed E-state index contributed by atoms with van der Waals surface area (Å²) in [6.07, 6.45) is 44.3. The van der Waals surface area contributed by atoms with Gasteiger partial charge in [0.15, 0.2) is 0 Å². The number of carboxylic acid groups (broad SMARTS) is 1. The summed E-state index contributed by atoms with van der Waals surface area (Å²) in [5.74, 6) is -0.653. The van der Waals surface area contributed by atoms with Crippen LogP contribution in [0.1, 0.15) is 226 Å². The van der Waals surface area contributed by atoms with Crippen molar-refractivity contribution in [1.29, 1.82) is 0 Å². The zero-order valence-electron chi connectivity index (χ0n) is 27.3. The van der Waals surface area contributed by atoms with Crippen molar-refractivity contribution in [1.82, 2.24) is 0 Å². The summed E-state index contributed by atoms with van der Waals surface area (Å²) in [4.78, 5) is 11.7. The lowest BCUT2D eigenvalue weighted by Crippen LogP contribution is -2.13. The number of aliphatic carboxylic acids is 1. The largest absolute Gasteiger partial charge is 0.481 e. The summed E-state index contributed by atoms with van der Waals surface area (Å²) in [6.45, 7) is 4.57. The molecule has 2 nitrogen and oxygen atoms in total. The van der Waals surface area contributed by atoms with Crippen molar-refractivity contribution in [3.05, 3.63) is 0 Å². The Morgan fingerprint density at radius 2 is 0.538 bits per heavy atom. The number of rotatable bonds is 34. The first-order chi connectivity index (χ1) is 19.2. The third kappa shape index (κ3) is 31.9. The third-order valence-electron chi connectivity index (χ3n) is 8.91. The second-order valence-corrected chi connectivity index (χ2v) is 12.9. The van der Waals surface area contributed by atoms with E-state index in [-0.39, 0.29) is 5.92 Å². The molecule has 0 aliphatic carbocycles. The molecule has 0 fully saturated rings. The van der Waals surface area contributed by atoms with Crippen LogP contribution < -0.4 is 0 Å². The second-order valence-electron chi connectivity index (χ2n) is 12.9. The maximum Gasteiger partial charge on any atom is 0.306 e. The molecular formula is C37H74O2. The number of hydrogen-bond donors (Lipinski definition) is 1. The van der Waals surface area contributed by atoms with Gasteiger partial charge in [0.05, 0.1) is 5.92 Å². The molecule has 2 heteroatoms. The molecule has 0 aliphatic rings. The minimum Gasteiger partial charge on any atom is -0.481 e. The number of carbonyl (C=O) groups is 1. The minimum atomic E-state index is -0.555. The minimum absolute atomic E-state index is 0.0982. The summed E-state index contributed by atoms with van der Waals surface area (Å²) in [7, 11) is 0. The van der Waals surface area contributed by atoms with Crippen LogP contribution in [0.15, 0.2) is 0 Å². The van der Waals surface area contributed by atoms with E-state index in [1.807, 2.05) is 0 Å². The van der Waals surface area contributed by atoms with Gasteiger partial charge < -0.3 is 5.11 Å². The van der Waals surface area contributed by atoms with Gasteiger partial charge in [-0.15, -0.1) is 0 Å². The quantitative estimate of drug-likeness (QED) is 0.0809. The first-order valence-corrected chi connectivity index (χ1v) is 18.4. The van der Waals surface area contributed by atoms with Gasteiger partial charge in [0.2, 0.25) is 0 Å². The zero-order valence-corrected chi connectivity index (χ0v) is 27.3. The molecule has 0 amide bonds. The Hall–Kier alpha value is -0.530. The molecule has 1 unspecified atom stereocenters. The molecule has 0 spiro atoms. The van der Waals surface area contributed by atoms with E-state index < -0.39 is 5.97 Å².